The molecule has 3 rings (SSSR count). The molecule has 0 saturated carbocycles. The molecule has 0 aliphatic carbocycles. The molecule has 5 heteroatoms. The Hall–Kier alpha value is -2.69. The minimum atomic E-state index is -4.48. The Morgan fingerprint density at radius 1 is 0.909 bits per heavy atom. The summed E-state index contributed by atoms with van der Waals surface area (Å²) in [6, 6.07) is 13.3. The Bertz CT molecular complexity index is 856. The lowest BCUT2D eigenvalue weighted by Gasteiger charge is -2.08. The minimum Gasteiger partial charge on any atom is -0.287 e. The van der Waals surface area contributed by atoms with Crippen LogP contribution in [0.3, 0.4) is 0 Å². The van der Waals surface area contributed by atoms with Crippen LogP contribution in [0, 0.1) is 0 Å². The molecule has 1 aromatic heterocycles. The fourth-order valence-corrected chi connectivity index (χ4v) is 2.19. The van der Waals surface area contributed by atoms with Gasteiger partial charge in [0.1, 0.15) is 5.69 Å². The van der Waals surface area contributed by atoms with Crippen molar-refractivity contribution in [2.24, 2.45) is 0 Å². The average molecular weight is 301 g/mol. The summed E-state index contributed by atoms with van der Waals surface area (Å²) in [4.78, 5) is 16.4. The first-order chi connectivity index (χ1) is 10.4. The molecule has 0 atom stereocenters. The van der Waals surface area contributed by atoms with E-state index in [4.69, 9.17) is 0 Å². The fourth-order valence-electron chi connectivity index (χ4n) is 2.19. The molecule has 0 radical (unpaired) electrons. The van der Waals surface area contributed by atoms with Gasteiger partial charge in [-0.3, -0.25) is 9.78 Å². The van der Waals surface area contributed by atoms with E-state index in [0.29, 0.717) is 0 Å². The van der Waals surface area contributed by atoms with Crippen molar-refractivity contribution in [3.05, 3.63) is 77.6 Å². The van der Waals surface area contributed by atoms with Gasteiger partial charge in [-0.1, -0.05) is 36.4 Å². The van der Waals surface area contributed by atoms with Gasteiger partial charge in [-0.15, -0.1) is 0 Å². The molecule has 0 aliphatic rings. The van der Waals surface area contributed by atoms with Gasteiger partial charge in [-0.2, -0.15) is 13.2 Å². The van der Waals surface area contributed by atoms with Gasteiger partial charge in [0, 0.05) is 17.1 Å². The van der Waals surface area contributed by atoms with E-state index in [-0.39, 0.29) is 11.3 Å². The van der Waals surface area contributed by atoms with Crippen LogP contribution in [0.1, 0.15) is 21.6 Å². The van der Waals surface area contributed by atoms with Gasteiger partial charge in [0.05, 0.1) is 5.56 Å². The SMILES string of the molecule is O=C(c1cccc(C(F)(F)F)c1)c1cc2ccccc2cn1. The summed E-state index contributed by atoms with van der Waals surface area (Å²) in [5, 5.41) is 1.68. The summed E-state index contributed by atoms with van der Waals surface area (Å²) < 4.78 is 38.1. The zero-order valence-electron chi connectivity index (χ0n) is 11.3. The lowest BCUT2D eigenvalue weighted by molar-refractivity contribution is -0.137. The molecule has 22 heavy (non-hydrogen) atoms. The maximum absolute atomic E-state index is 12.7. The molecular weight excluding hydrogens is 291 g/mol. The number of alkyl halides is 3. The van der Waals surface area contributed by atoms with E-state index in [1.807, 2.05) is 24.3 Å². The molecule has 1 heterocycles. The van der Waals surface area contributed by atoms with Gasteiger partial charge in [-0.25, -0.2) is 0 Å². The van der Waals surface area contributed by atoms with Crippen molar-refractivity contribution in [3.8, 4) is 0 Å². The molecule has 0 aliphatic heterocycles. The molecule has 2 nitrogen and oxygen atoms in total. The Labute approximate surface area is 124 Å². The van der Waals surface area contributed by atoms with Crippen molar-refractivity contribution < 1.29 is 18.0 Å². The van der Waals surface area contributed by atoms with E-state index in [9.17, 15) is 18.0 Å². The van der Waals surface area contributed by atoms with Crippen LogP contribution in [0.4, 0.5) is 13.2 Å². The van der Waals surface area contributed by atoms with Crippen LogP contribution in [0.15, 0.2) is 60.8 Å². The van der Waals surface area contributed by atoms with Gasteiger partial charge < -0.3 is 0 Å². The summed E-state index contributed by atoms with van der Waals surface area (Å²) in [5.41, 5.74) is -0.755. The molecule has 0 saturated heterocycles. The van der Waals surface area contributed by atoms with E-state index >= 15 is 0 Å². The number of pyridine rings is 1. The number of aromatic nitrogens is 1. The molecule has 0 fully saturated rings. The highest BCUT2D eigenvalue weighted by Gasteiger charge is 2.31. The molecule has 0 spiro atoms. The number of fused-ring (bicyclic) bond motifs is 1. The first kappa shape index (κ1) is 14.3. The largest absolute Gasteiger partial charge is 0.416 e. The van der Waals surface area contributed by atoms with Crippen LogP contribution in [-0.4, -0.2) is 10.8 Å². The summed E-state index contributed by atoms with van der Waals surface area (Å²) in [6.45, 7) is 0. The number of ketones is 1. The summed E-state index contributed by atoms with van der Waals surface area (Å²) in [6.07, 6.45) is -2.94. The third-order valence-corrected chi connectivity index (χ3v) is 3.32. The highest BCUT2D eigenvalue weighted by molar-refractivity contribution is 6.09. The van der Waals surface area contributed by atoms with E-state index < -0.39 is 17.5 Å². The third kappa shape index (κ3) is 2.70. The maximum Gasteiger partial charge on any atom is 0.416 e. The highest BCUT2D eigenvalue weighted by atomic mass is 19.4. The predicted molar refractivity (Wildman–Crippen MR) is 76.6 cm³/mol. The van der Waals surface area contributed by atoms with Crippen LogP contribution in [-0.2, 0) is 6.18 Å². The minimum absolute atomic E-state index is 0.0300. The third-order valence-electron chi connectivity index (χ3n) is 3.32. The van der Waals surface area contributed by atoms with E-state index in [1.54, 1.807) is 6.07 Å². The normalized spacial score (nSPS) is 11.6. The zero-order valence-corrected chi connectivity index (χ0v) is 11.3. The Morgan fingerprint density at radius 2 is 1.64 bits per heavy atom. The molecule has 2 aromatic carbocycles. The molecule has 110 valence electrons. The Morgan fingerprint density at radius 3 is 2.36 bits per heavy atom. The topological polar surface area (TPSA) is 30.0 Å². The predicted octanol–water partition coefficient (Wildman–Crippen LogP) is 4.48. The number of hydrogen-bond acceptors (Lipinski definition) is 2. The van der Waals surface area contributed by atoms with Crippen LogP contribution in [0.2, 0.25) is 0 Å². The number of carbonyl (C=O) groups is 1. The van der Waals surface area contributed by atoms with Crippen LogP contribution >= 0.6 is 0 Å². The maximum atomic E-state index is 12.7. The van der Waals surface area contributed by atoms with E-state index in [1.165, 1.54) is 18.3 Å². The van der Waals surface area contributed by atoms with Crippen LogP contribution in [0.25, 0.3) is 10.8 Å². The van der Waals surface area contributed by atoms with Gasteiger partial charge in [0.25, 0.3) is 0 Å². The van der Waals surface area contributed by atoms with Gasteiger partial charge in [0.2, 0.25) is 5.78 Å². The standard InChI is InChI=1S/C17H10F3NO/c18-17(19,20)14-7-3-6-12(8-14)16(22)15-9-11-4-1-2-5-13(11)10-21-15/h1-10H. The number of benzene rings is 2. The number of rotatable bonds is 2. The van der Waals surface area contributed by atoms with Gasteiger partial charge in [-0.05, 0) is 23.6 Å². The Kier molecular flexibility index (Phi) is 3.41. The van der Waals surface area contributed by atoms with Crippen molar-refractivity contribution in [1.29, 1.82) is 0 Å². The Balaban J connectivity index is 2.02. The van der Waals surface area contributed by atoms with Gasteiger partial charge >= 0.3 is 6.18 Å². The summed E-state index contributed by atoms with van der Waals surface area (Å²) in [7, 11) is 0. The second-order valence-electron chi connectivity index (χ2n) is 4.82. The fraction of sp³-hybridized carbons (Fsp3) is 0.0588. The molecule has 0 amide bonds. The summed E-state index contributed by atoms with van der Waals surface area (Å²) >= 11 is 0. The molecule has 3 aromatic rings. The quantitative estimate of drug-likeness (QED) is 0.653. The lowest BCUT2D eigenvalue weighted by atomic mass is 10.0. The number of halogens is 3. The number of nitrogens with zero attached hydrogens (tertiary/aromatic N) is 1. The van der Waals surface area contributed by atoms with Crippen molar-refractivity contribution in [3.63, 3.8) is 0 Å². The number of hydrogen-bond donors (Lipinski definition) is 0. The molecule has 0 bridgehead atoms. The monoisotopic (exact) mass is 301 g/mol. The second kappa shape index (κ2) is 5.26. The highest BCUT2D eigenvalue weighted by Crippen LogP contribution is 2.30. The first-order valence-electron chi connectivity index (χ1n) is 6.52. The van der Waals surface area contributed by atoms with Gasteiger partial charge in [0.15, 0.2) is 0 Å². The van der Waals surface area contributed by atoms with Crippen molar-refractivity contribution >= 4 is 16.6 Å². The second-order valence-corrected chi connectivity index (χ2v) is 4.82. The van der Waals surface area contributed by atoms with Crippen LogP contribution in [0.5, 0.6) is 0 Å². The van der Waals surface area contributed by atoms with E-state index in [0.717, 1.165) is 22.9 Å². The smallest absolute Gasteiger partial charge is 0.287 e. The summed E-state index contributed by atoms with van der Waals surface area (Å²) in [5.74, 6) is -0.531. The van der Waals surface area contributed by atoms with Crippen molar-refractivity contribution in [1.82, 2.24) is 4.98 Å². The van der Waals surface area contributed by atoms with Crippen LogP contribution < -0.4 is 0 Å². The molecular formula is C17H10F3NO. The zero-order chi connectivity index (χ0) is 15.7. The van der Waals surface area contributed by atoms with Crippen molar-refractivity contribution in [2.75, 3.05) is 0 Å². The number of carbonyl (C=O) groups excluding carboxylic acids is 1. The molecule has 0 N–H and O–H groups in total. The lowest BCUT2D eigenvalue weighted by Crippen LogP contribution is -2.09. The van der Waals surface area contributed by atoms with E-state index in [2.05, 4.69) is 4.98 Å². The molecule has 0 unspecified atom stereocenters. The first-order valence-corrected chi connectivity index (χ1v) is 6.52. The van der Waals surface area contributed by atoms with Crippen molar-refractivity contribution in [2.45, 2.75) is 6.18 Å². The average Bonchev–Trinajstić information content (AvgIpc) is 2.53.